The van der Waals surface area contributed by atoms with Crippen molar-refractivity contribution in [2.75, 3.05) is 13.7 Å². The molecule has 7 heteroatoms. The van der Waals surface area contributed by atoms with E-state index in [0.29, 0.717) is 13.0 Å². The summed E-state index contributed by atoms with van der Waals surface area (Å²) in [6.45, 7) is 1.23. The van der Waals surface area contributed by atoms with Gasteiger partial charge >= 0.3 is 0 Å². The van der Waals surface area contributed by atoms with Gasteiger partial charge in [-0.25, -0.2) is 4.98 Å². The minimum atomic E-state index is -0.289. The van der Waals surface area contributed by atoms with Crippen LogP contribution in [0.25, 0.3) is 0 Å². The lowest BCUT2D eigenvalue weighted by Crippen LogP contribution is -2.26. The fourth-order valence-electron chi connectivity index (χ4n) is 1.88. The van der Waals surface area contributed by atoms with E-state index < -0.39 is 0 Å². The molecule has 0 aliphatic rings. The second-order valence-electron chi connectivity index (χ2n) is 4.62. The van der Waals surface area contributed by atoms with E-state index in [0.717, 1.165) is 29.0 Å². The van der Waals surface area contributed by atoms with Gasteiger partial charge in [0.25, 0.3) is 5.91 Å². The second kappa shape index (κ2) is 8.19. The van der Waals surface area contributed by atoms with Crippen molar-refractivity contribution >= 4 is 23.7 Å². The minimum absolute atomic E-state index is 0.289. The second-order valence-corrected chi connectivity index (χ2v) is 5.06. The van der Waals surface area contributed by atoms with Gasteiger partial charge in [0.1, 0.15) is 13.3 Å². The number of halogens is 1. The maximum absolute atomic E-state index is 11.3. The van der Waals surface area contributed by atoms with Gasteiger partial charge in [-0.1, -0.05) is 28.9 Å². The molecule has 1 amide bonds. The molecule has 6 nitrogen and oxygen atoms in total. The van der Waals surface area contributed by atoms with Crippen LogP contribution in [0, 0.1) is 0 Å². The van der Waals surface area contributed by atoms with Gasteiger partial charge in [0.15, 0.2) is 0 Å². The fraction of sp³-hybridized carbons (Fsp3) is 0.267. The summed E-state index contributed by atoms with van der Waals surface area (Å²) < 4.78 is 1.99. The van der Waals surface area contributed by atoms with Crippen molar-refractivity contribution in [2.24, 2.45) is 5.16 Å². The zero-order chi connectivity index (χ0) is 15.8. The molecule has 2 rings (SSSR count). The molecule has 0 aliphatic heterocycles. The van der Waals surface area contributed by atoms with Crippen LogP contribution in [0.1, 0.15) is 11.3 Å². The van der Waals surface area contributed by atoms with Crippen LogP contribution in [-0.4, -0.2) is 35.3 Å². The Morgan fingerprint density at radius 1 is 1.45 bits per heavy atom. The van der Waals surface area contributed by atoms with Crippen molar-refractivity contribution in [1.82, 2.24) is 14.9 Å². The zero-order valence-electron chi connectivity index (χ0n) is 12.2. The number of imidazole rings is 1. The number of carbonyl (C=O) groups is 1. The Labute approximate surface area is 133 Å². The van der Waals surface area contributed by atoms with Crippen LogP contribution < -0.4 is 5.32 Å². The lowest BCUT2D eigenvalue weighted by molar-refractivity contribution is -0.114. The molecule has 0 fully saturated rings. The van der Waals surface area contributed by atoms with Crippen LogP contribution >= 0.6 is 11.6 Å². The lowest BCUT2D eigenvalue weighted by atomic mass is 10.2. The summed E-state index contributed by atoms with van der Waals surface area (Å²) >= 11 is 5.86. The highest BCUT2D eigenvalue weighted by Gasteiger charge is 2.02. The number of rotatable bonds is 7. The van der Waals surface area contributed by atoms with E-state index in [1.165, 1.54) is 7.11 Å². The first kappa shape index (κ1) is 16.0. The van der Waals surface area contributed by atoms with E-state index in [4.69, 9.17) is 11.6 Å². The molecule has 1 heterocycles. The third-order valence-electron chi connectivity index (χ3n) is 2.92. The maximum atomic E-state index is 11.3. The first-order valence-corrected chi connectivity index (χ1v) is 7.14. The number of hydrogen-bond acceptors (Lipinski definition) is 4. The van der Waals surface area contributed by atoms with Crippen molar-refractivity contribution in [2.45, 2.75) is 13.0 Å². The molecule has 1 aromatic heterocycles. The zero-order valence-corrected chi connectivity index (χ0v) is 13.0. The average molecular weight is 321 g/mol. The number of amides is 1. The molecule has 0 atom stereocenters. The third-order valence-corrected chi connectivity index (χ3v) is 3.17. The number of nitrogens with zero attached hydrogens (tertiary/aromatic N) is 3. The van der Waals surface area contributed by atoms with E-state index in [9.17, 15) is 4.79 Å². The minimum Gasteiger partial charge on any atom is -0.399 e. The highest BCUT2D eigenvalue weighted by Crippen LogP contribution is 2.11. The van der Waals surface area contributed by atoms with Crippen molar-refractivity contribution < 1.29 is 9.63 Å². The van der Waals surface area contributed by atoms with Gasteiger partial charge in [0.2, 0.25) is 0 Å². The summed E-state index contributed by atoms with van der Waals surface area (Å²) in [5.74, 6) is -0.289. The van der Waals surface area contributed by atoms with E-state index >= 15 is 0 Å². The predicted octanol–water partition coefficient (Wildman–Crippen LogP) is 1.88. The number of oxime groups is 1. The smallest absolute Gasteiger partial charge is 0.265 e. The first-order valence-electron chi connectivity index (χ1n) is 6.77. The largest absolute Gasteiger partial charge is 0.399 e. The van der Waals surface area contributed by atoms with Crippen LogP contribution in [-0.2, 0) is 22.6 Å². The van der Waals surface area contributed by atoms with Crippen molar-refractivity contribution in [3.63, 3.8) is 0 Å². The summed E-state index contributed by atoms with van der Waals surface area (Å²) in [6.07, 6.45) is 5.49. The summed E-state index contributed by atoms with van der Waals surface area (Å²) in [5, 5.41) is 6.81. The van der Waals surface area contributed by atoms with Crippen LogP contribution in [0.5, 0.6) is 0 Å². The van der Waals surface area contributed by atoms with E-state index in [2.05, 4.69) is 20.3 Å². The first-order chi connectivity index (χ1) is 10.7. The number of aromatic nitrogens is 2. The van der Waals surface area contributed by atoms with Gasteiger partial charge in [-0.2, -0.15) is 0 Å². The van der Waals surface area contributed by atoms with Crippen molar-refractivity contribution in [3.8, 4) is 0 Å². The molecule has 0 aliphatic carbocycles. The number of hydrogen-bond donors (Lipinski definition) is 1. The van der Waals surface area contributed by atoms with Gasteiger partial charge in [-0.05, 0) is 17.7 Å². The monoisotopic (exact) mass is 320 g/mol. The highest BCUT2D eigenvalue weighted by molar-refractivity contribution is 6.30. The quantitative estimate of drug-likeness (QED) is 0.625. The number of benzene rings is 1. The van der Waals surface area contributed by atoms with E-state index in [1.807, 2.05) is 35.0 Å². The summed E-state index contributed by atoms with van der Waals surface area (Å²) in [4.78, 5) is 20.0. The predicted molar refractivity (Wildman–Crippen MR) is 85.0 cm³/mol. The van der Waals surface area contributed by atoms with Crippen molar-refractivity contribution in [3.05, 3.63) is 53.1 Å². The molecule has 22 heavy (non-hydrogen) atoms. The van der Waals surface area contributed by atoms with Gasteiger partial charge in [0.05, 0.1) is 12.0 Å². The SMILES string of the molecule is CO/N=C/C(=O)NCCc1cn(Cc2ccc(Cl)cc2)cn1. The summed E-state index contributed by atoms with van der Waals surface area (Å²) in [6, 6.07) is 7.70. The molecule has 0 bridgehead atoms. The van der Waals surface area contributed by atoms with Crippen LogP contribution in [0.2, 0.25) is 5.02 Å². The molecule has 2 aromatic rings. The molecular weight excluding hydrogens is 304 g/mol. The topological polar surface area (TPSA) is 68.5 Å². The molecule has 0 saturated carbocycles. The Bertz CT molecular complexity index is 637. The molecule has 116 valence electrons. The summed E-state index contributed by atoms with van der Waals surface area (Å²) in [7, 11) is 1.39. The summed E-state index contributed by atoms with van der Waals surface area (Å²) in [5.41, 5.74) is 2.07. The molecule has 0 spiro atoms. The lowest BCUT2D eigenvalue weighted by Gasteiger charge is -2.02. The standard InChI is InChI=1S/C15H17ClN4O2/c1-22-19-8-15(21)17-7-6-14-10-20(11-18-14)9-12-2-4-13(16)5-3-12/h2-5,8,10-11H,6-7,9H2,1H3,(H,17,21)/b19-8+. The Morgan fingerprint density at radius 2 is 2.23 bits per heavy atom. The maximum Gasteiger partial charge on any atom is 0.265 e. The molecule has 1 N–H and O–H groups in total. The van der Waals surface area contributed by atoms with Crippen LogP contribution in [0.4, 0.5) is 0 Å². The van der Waals surface area contributed by atoms with E-state index in [1.54, 1.807) is 6.33 Å². The van der Waals surface area contributed by atoms with Gasteiger partial charge in [-0.15, -0.1) is 0 Å². The van der Waals surface area contributed by atoms with Gasteiger partial charge < -0.3 is 14.7 Å². The van der Waals surface area contributed by atoms with Gasteiger partial charge in [-0.3, -0.25) is 4.79 Å². The number of nitrogens with one attached hydrogen (secondary N) is 1. The third kappa shape index (κ3) is 5.21. The Hall–Kier alpha value is -2.34. The van der Waals surface area contributed by atoms with Gasteiger partial charge in [0, 0.05) is 30.7 Å². The average Bonchev–Trinajstić information content (AvgIpc) is 2.95. The highest BCUT2D eigenvalue weighted by atomic mass is 35.5. The van der Waals surface area contributed by atoms with Crippen LogP contribution in [0.15, 0.2) is 41.9 Å². The molecule has 0 radical (unpaired) electrons. The molecular formula is C15H17ClN4O2. The fourth-order valence-corrected chi connectivity index (χ4v) is 2.01. The number of carbonyl (C=O) groups excluding carboxylic acids is 1. The molecule has 0 unspecified atom stereocenters. The van der Waals surface area contributed by atoms with Crippen LogP contribution in [0.3, 0.4) is 0 Å². The Balaban J connectivity index is 1.80. The van der Waals surface area contributed by atoms with E-state index in [-0.39, 0.29) is 5.91 Å². The molecule has 1 aromatic carbocycles. The van der Waals surface area contributed by atoms with Crippen molar-refractivity contribution in [1.29, 1.82) is 0 Å². The Morgan fingerprint density at radius 3 is 2.95 bits per heavy atom. The Kier molecular flexibility index (Phi) is 5.97. The normalized spacial score (nSPS) is 10.8. The molecule has 0 saturated heterocycles.